The standard InChI is InChI=1S/C15H22N4O/c1-15(2)14(18(5)6)16-13(19(15)20)11-7-9-12(10-8-11)17(3)4/h7-10H,1-6H3. The maximum Gasteiger partial charge on any atom is 0.331 e. The van der Waals surface area contributed by atoms with Gasteiger partial charge >= 0.3 is 5.84 Å². The average Bonchev–Trinajstić information content (AvgIpc) is 2.61. The highest BCUT2D eigenvalue weighted by Crippen LogP contribution is 2.23. The van der Waals surface area contributed by atoms with Crippen LogP contribution in [0.5, 0.6) is 0 Å². The second kappa shape index (κ2) is 4.81. The third-order valence-corrected chi connectivity index (χ3v) is 3.52. The zero-order valence-electron chi connectivity index (χ0n) is 13.0. The highest BCUT2D eigenvalue weighted by molar-refractivity contribution is 6.09. The first-order valence-electron chi connectivity index (χ1n) is 6.63. The fraction of sp³-hybridized carbons (Fsp3) is 0.467. The van der Waals surface area contributed by atoms with Gasteiger partial charge in [-0.2, -0.15) is 0 Å². The van der Waals surface area contributed by atoms with Crippen LogP contribution in [0.1, 0.15) is 19.4 Å². The van der Waals surface area contributed by atoms with Gasteiger partial charge in [0.2, 0.25) is 0 Å². The summed E-state index contributed by atoms with van der Waals surface area (Å²) < 4.78 is 0.993. The Morgan fingerprint density at radius 3 is 1.95 bits per heavy atom. The van der Waals surface area contributed by atoms with Crippen molar-refractivity contribution in [2.24, 2.45) is 4.99 Å². The van der Waals surface area contributed by atoms with E-state index in [-0.39, 0.29) is 0 Å². The maximum atomic E-state index is 12.5. The molecule has 0 radical (unpaired) electrons. The Morgan fingerprint density at radius 1 is 1.00 bits per heavy atom. The van der Waals surface area contributed by atoms with Gasteiger partial charge in [-0.25, -0.2) is 4.74 Å². The number of aliphatic imine (C=N–C) groups is 1. The van der Waals surface area contributed by atoms with E-state index in [4.69, 9.17) is 0 Å². The fourth-order valence-corrected chi connectivity index (χ4v) is 2.38. The molecule has 0 aliphatic carbocycles. The van der Waals surface area contributed by atoms with E-state index in [9.17, 15) is 5.21 Å². The average molecular weight is 274 g/mol. The lowest BCUT2D eigenvalue weighted by molar-refractivity contribution is -0.514. The smallest absolute Gasteiger partial charge is 0.331 e. The molecule has 5 nitrogen and oxygen atoms in total. The zero-order chi connectivity index (χ0) is 15.1. The summed E-state index contributed by atoms with van der Waals surface area (Å²) in [7, 11) is 7.80. The number of hydroxylamine groups is 1. The largest absolute Gasteiger partial charge is 0.714 e. The molecule has 5 heteroatoms. The van der Waals surface area contributed by atoms with Crippen molar-refractivity contribution in [3.63, 3.8) is 0 Å². The Balaban J connectivity index is 2.44. The first-order chi connectivity index (χ1) is 9.25. The quantitative estimate of drug-likeness (QED) is 0.610. The SMILES string of the molecule is CN(C)C1=NC(c2ccc(N(C)C)cc2)=[N+]([O-])C1(C)C. The topological polar surface area (TPSA) is 44.9 Å². The van der Waals surface area contributed by atoms with E-state index in [1.807, 2.05) is 76.1 Å². The molecule has 0 fully saturated rings. The third-order valence-electron chi connectivity index (χ3n) is 3.52. The van der Waals surface area contributed by atoms with Gasteiger partial charge < -0.3 is 15.0 Å². The van der Waals surface area contributed by atoms with Crippen LogP contribution in [0.3, 0.4) is 0 Å². The van der Waals surface area contributed by atoms with Crippen molar-refractivity contribution in [1.29, 1.82) is 0 Å². The van der Waals surface area contributed by atoms with Crippen molar-refractivity contribution in [3.05, 3.63) is 35.0 Å². The molecule has 0 saturated carbocycles. The number of anilines is 1. The Bertz CT molecular complexity index is 568. The molecule has 1 aromatic carbocycles. The summed E-state index contributed by atoms with van der Waals surface area (Å²) in [5.41, 5.74) is 1.30. The highest BCUT2D eigenvalue weighted by atomic mass is 16.5. The molecule has 20 heavy (non-hydrogen) atoms. The van der Waals surface area contributed by atoms with Gasteiger partial charge in [0.1, 0.15) is 0 Å². The number of hydrogen-bond acceptors (Lipinski definition) is 4. The second-order valence-electron chi connectivity index (χ2n) is 5.95. The van der Waals surface area contributed by atoms with E-state index in [0.29, 0.717) is 5.84 Å². The normalized spacial score (nSPS) is 17.2. The zero-order valence-corrected chi connectivity index (χ0v) is 13.0. The molecule has 2 rings (SSSR count). The van der Waals surface area contributed by atoms with Crippen LogP contribution in [0.15, 0.2) is 29.3 Å². The Labute approximate surface area is 120 Å². The van der Waals surface area contributed by atoms with Crippen molar-refractivity contribution in [1.82, 2.24) is 4.90 Å². The number of rotatable bonds is 2. The number of likely N-dealkylation sites (N-methyl/N-ethyl adjacent to an activating group) is 1. The molecule has 1 aromatic rings. The van der Waals surface area contributed by atoms with Gasteiger partial charge in [-0.1, -0.05) is 0 Å². The molecule has 0 aromatic heterocycles. The molecular weight excluding hydrogens is 252 g/mol. The van der Waals surface area contributed by atoms with Gasteiger partial charge in [-0.15, -0.1) is 0 Å². The van der Waals surface area contributed by atoms with Gasteiger partial charge in [0.25, 0.3) is 5.84 Å². The van der Waals surface area contributed by atoms with Gasteiger partial charge in [-0.05, 0) is 43.1 Å². The summed E-state index contributed by atoms with van der Waals surface area (Å²) in [5, 5.41) is 12.5. The molecule has 1 heterocycles. The van der Waals surface area contributed by atoms with E-state index < -0.39 is 5.54 Å². The van der Waals surface area contributed by atoms with Crippen molar-refractivity contribution in [2.75, 3.05) is 33.1 Å². The van der Waals surface area contributed by atoms with Crippen molar-refractivity contribution < 1.29 is 4.74 Å². The van der Waals surface area contributed by atoms with E-state index in [1.165, 1.54) is 0 Å². The second-order valence-corrected chi connectivity index (χ2v) is 5.95. The van der Waals surface area contributed by atoms with Crippen LogP contribution in [0, 0.1) is 5.21 Å². The van der Waals surface area contributed by atoms with Crippen LogP contribution in [-0.2, 0) is 0 Å². The minimum Gasteiger partial charge on any atom is -0.714 e. The maximum absolute atomic E-state index is 12.5. The van der Waals surface area contributed by atoms with Crippen molar-refractivity contribution in [2.45, 2.75) is 19.4 Å². The van der Waals surface area contributed by atoms with Crippen molar-refractivity contribution in [3.8, 4) is 0 Å². The number of hydrogen-bond donors (Lipinski definition) is 0. The Kier molecular flexibility index (Phi) is 3.46. The van der Waals surface area contributed by atoms with Crippen LogP contribution in [0.2, 0.25) is 0 Å². The summed E-state index contributed by atoms with van der Waals surface area (Å²) in [4.78, 5) is 8.44. The van der Waals surface area contributed by atoms with Crippen LogP contribution in [0.25, 0.3) is 0 Å². The molecule has 0 spiro atoms. The highest BCUT2D eigenvalue weighted by Gasteiger charge is 2.43. The monoisotopic (exact) mass is 274 g/mol. The predicted octanol–water partition coefficient (Wildman–Crippen LogP) is 1.76. The number of benzene rings is 1. The lowest BCUT2D eigenvalue weighted by Crippen LogP contribution is -2.45. The molecule has 0 amide bonds. The van der Waals surface area contributed by atoms with E-state index in [0.717, 1.165) is 21.8 Å². The molecular formula is C15H22N4O. The molecule has 0 atom stereocenters. The summed E-state index contributed by atoms with van der Waals surface area (Å²) in [6.45, 7) is 3.78. The predicted molar refractivity (Wildman–Crippen MR) is 83.7 cm³/mol. The summed E-state index contributed by atoms with van der Waals surface area (Å²) in [6, 6.07) is 7.86. The van der Waals surface area contributed by atoms with Crippen LogP contribution in [0.4, 0.5) is 5.69 Å². The fourth-order valence-electron chi connectivity index (χ4n) is 2.38. The Hall–Kier alpha value is -2.04. The molecule has 0 saturated heterocycles. The van der Waals surface area contributed by atoms with Crippen LogP contribution >= 0.6 is 0 Å². The van der Waals surface area contributed by atoms with Gasteiger partial charge in [0.05, 0.1) is 5.56 Å². The van der Waals surface area contributed by atoms with Gasteiger partial charge in [-0.3, -0.25) is 0 Å². The van der Waals surface area contributed by atoms with Crippen molar-refractivity contribution >= 4 is 17.4 Å². The van der Waals surface area contributed by atoms with E-state index >= 15 is 0 Å². The number of amidine groups is 2. The molecule has 0 bridgehead atoms. The lowest BCUT2D eigenvalue weighted by atomic mass is 10.1. The third kappa shape index (κ3) is 2.24. The first-order valence-corrected chi connectivity index (χ1v) is 6.63. The van der Waals surface area contributed by atoms with E-state index in [1.54, 1.807) is 0 Å². The lowest BCUT2D eigenvalue weighted by Gasteiger charge is -2.26. The van der Waals surface area contributed by atoms with Crippen LogP contribution in [-0.4, -0.2) is 55.0 Å². The summed E-state index contributed by atoms with van der Waals surface area (Å²) >= 11 is 0. The molecule has 108 valence electrons. The van der Waals surface area contributed by atoms with Crippen LogP contribution < -0.4 is 4.90 Å². The summed E-state index contributed by atoms with van der Waals surface area (Å²) in [5.74, 6) is 1.25. The van der Waals surface area contributed by atoms with Gasteiger partial charge in [0, 0.05) is 33.9 Å². The molecule has 1 aliphatic heterocycles. The Morgan fingerprint density at radius 2 is 1.55 bits per heavy atom. The molecule has 0 unspecified atom stereocenters. The molecule has 1 aliphatic rings. The van der Waals surface area contributed by atoms with E-state index in [2.05, 4.69) is 4.99 Å². The minimum atomic E-state index is -0.640. The summed E-state index contributed by atoms with van der Waals surface area (Å²) in [6.07, 6.45) is 0. The first kappa shape index (κ1) is 14.4. The molecule has 0 N–H and O–H groups in total. The minimum absolute atomic E-state index is 0.476. The van der Waals surface area contributed by atoms with Gasteiger partial charge in [0.15, 0.2) is 5.54 Å². The number of nitrogens with zero attached hydrogens (tertiary/aromatic N) is 4.